The van der Waals surface area contributed by atoms with E-state index in [4.69, 9.17) is 16.3 Å². The molecule has 0 heterocycles. The van der Waals surface area contributed by atoms with Gasteiger partial charge in [0.2, 0.25) is 0 Å². The lowest BCUT2D eigenvalue weighted by atomic mass is 9.58. The largest absolute Gasteiger partial charge is 0.490 e. The van der Waals surface area contributed by atoms with Crippen LogP contribution in [0.15, 0.2) is 24.3 Å². The first-order valence-electron chi connectivity index (χ1n) is 6.77. The lowest BCUT2D eigenvalue weighted by Gasteiger charge is -2.55. The smallest absolute Gasteiger partial charge is 0.119 e. The van der Waals surface area contributed by atoms with E-state index >= 15 is 0 Å². The molecule has 3 heteroatoms. The number of ether oxygens (including phenoxy) is 1. The van der Waals surface area contributed by atoms with Gasteiger partial charge in [-0.25, -0.2) is 0 Å². The zero-order chi connectivity index (χ0) is 12.6. The van der Waals surface area contributed by atoms with E-state index in [1.54, 1.807) is 0 Å². The van der Waals surface area contributed by atoms with Crippen molar-refractivity contribution in [3.8, 4) is 5.75 Å². The van der Waals surface area contributed by atoms with Crippen LogP contribution in [0, 0.1) is 5.41 Å². The van der Waals surface area contributed by atoms with E-state index in [1.807, 2.05) is 24.3 Å². The van der Waals surface area contributed by atoms with Gasteiger partial charge in [0.05, 0.1) is 0 Å². The molecule has 2 saturated carbocycles. The number of rotatable bonds is 2. The molecule has 0 aliphatic heterocycles. The molecule has 2 unspecified atom stereocenters. The predicted octanol–water partition coefficient (Wildman–Crippen LogP) is 5.21. The third-order valence-electron chi connectivity index (χ3n) is 4.56. The summed E-state index contributed by atoms with van der Waals surface area (Å²) >= 11 is 9.74. The highest BCUT2D eigenvalue weighted by atomic mass is 79.9. The zero-order valence-electron chi connectivity index (χ0n) is 10.4. The predicted molar refractivity (Wildman–Crippen MR) is 78.7 cm³/mol. The molecule has 0 aromatic heterocycles. The van der Waals surface area contributed by atoms with Crippen LogP contribution in [0.5, 0.6) is 5.75 Å². The molecule has 18 heavy (non-hydrogen) atoms. The number of benzene rings is 1. The van der Waals surface area contributed by atoms with Crippen molar-refractivity contribution in [3.05, 3.63) is 29.3 Å². The van der Waals surface area contributed by atoms with E-state index in [1.165, 1.54) is 32.1 Å². The van der Waals surface area contributed by atoms with E-state index in [2.05, 4.69) is 15.9 Å². The third-order valence-corrected chi connectivity index (χ3v) is 6.10. The summed E-state index contributed by atoms with van der Waals surface area (Å²) in [6.45, 7) is 0. The third kappa shape index (κ3) is 2.18. The molecule has 0 radical (unpaired) electrons. The van der Waals surface area contributed by atoms with Crippen molar-refractivity contribution in [2.45, 2.75) is 49.5 Å². The van der Waals surface area contributed by atoms with E-state index < -0.39 is 0 Å². The van der Waals surface area contributed by atoms with E-state index in [-0.39, 0.29) is 0 Å². The minimum atomic E-state index is 0.378. The summed E-state index contributed by atoms with van der Waals surface area (Å²) in [5.74, 6) is 0.953. The standard InChI is InChI=1S/C15H18BrClO/c16-13-10-14(15(13)8-2-1-3-9-15)18-12-6-4-11(17)5-7-12/h4-7,13-14H,1-3,8-10H2. The first kappa shape index (κ1) is 12.8. The van der Waals surface area contributed by atoms with Gasteiger partial charge in [-0.2, -0.15) is 0 Å². The van der Waals surface area contributed by atoms with E-state index in [9.17, 15) is 0 Å². The van der Waals surface area contributed by atoms with Crippen LogP contribution in [0.3, 0.4) is 0 Å². The molecule has 2 atom stereocenters. The summed E-state index contributed by atoms with van der Waals surface area (Å²) < 4.78 is 6.18. The average molecular weight is 330 g/mol. The summed E-state index contributed by atoms with van der Waals surface area (Å²) in [4.78, 5) is 0.641. The number of hydrogen-bond acceptors (Lipinski definition) is 1. The Kier molecular flexibility index (Phi) is 3.59. The van der Waals surface area contributed by atoms with Gasteiger partial charge in [-0.3, -0.25) is 0 Å². The molecule has 0 N–H and O–H groups in total. The number of hydrogen-bond donors (Lipinski definition) is 0. The Morgan fingerprint density at radius 2 is 1.78 bits per heavy atom. The summed E-state index contributed by atoms with van der Waals surface area (Å²) in [6, 6.07) is 7.74. The molecule has 1 spiro atoms. The molecule has 2 fully saturated rings. The maximum atomic E-state index is 6.18. The van der Waals surface area contributed by atoms with Gasteiger partial charge in [0.1, 0.15) is 11.9 Å². The molecule has 0 amide bonds. The SMILES string of the molecule is Clc1ccc(OC2CC(Br)C23CCCCC3)cc1. The van der Waals surface area contributed by atoms with Gasteiger partial charge in [0.25, 0.3) is 0 Å². The Morgan fingerprint density at radius 3 is 2.39 bits per heavy atom. The highest BCUT2D eigenvalue weighted by Gasteiger charge is 2.55. The van der Waals surface area contributed by atoms with Crippen LogP contribution in [0.4, 0.5) is 0 Å². The van der Waals surface area contributed by atoms with Crippen molar-refractivity contribution >= 4 is 27.5 Å². The Labute approximate surface area is 122 Å². The molecule has 2 aliphatic rings. The second-order valence-electron chi connectivity index (χ2n) is 5.56. The first-order chi connectivity index (χ1) is 8.71. The fourth-order valence-corrected chi connectivity index (χ4v) is 4.60. The molecule has 0 bridgehead atoms. The van der Waals surface area contributed by atoms with Gasteiger partial charge in [-0.1, -0.05) is 46.8 Å². The normalized spacial score (nSPS) is 29.9. The maximum Gasteiger partial charge on any atom is 0.119 e. The van der Waals surface area contributed by atoms with Crippen molar-refractivity contribution < 1.29 is 4.74 Å². The molecule has 98 valence electrons. The van der Waals surface area contributed by atoms with E-state index in [0.717, 1.165) is 17.2 Å². The number of alkyl halides is 1. The summed E-state index contributed by atoms with van der Waals surface area (Å²) in [7, 11) is 0. The molecule has 2 aliphatic carbocycles. The fourth-order valence-electron chi connectivity index (χ4n) is 3.39. The molecule has 3 rings (SSSR count). The minimum absolute atomic E-state index is 0.378. The van der Waals surface area contributed by atoms with Crippen LogP contribution >= 0.6 is 27.5 Å². The van der Waals surface area contributed by atoms with Crippen molar-refractivity contribution in [1.82, 2.24) is 0 Å². The van der Waals surface area contributed by atoms with Crippen molar-refractivity contribution in [3.63, 3.8) is 0 Å². The highest BCUT2D eigenvalue weighted by Crippen LogP contribution is 2.56. The summed E-state index contributed by atoms with van der Waals surface area (Å²) in [6.07, 6.45) is 8.20. The Bertz CT molecular complexity index is 411. The molecule has 1 aromatic carbocycles. The van der Waals surface area contributed by atoms with Gasteiger partial charge in [0.15, 0.2) is 0 Å². The molecular formula is C15H18BrClO. The number of halogens is 2. The Hall–Kier alpha value is -0.210. The maximum absolute atomic E-state index is 6.18. The van der Waals surface area contributed by atoms with Gasteiger partial charge in [-0.15, -0.1) is 0 Å². The van der Waals surface area contributed by atoms with Crippen LogP contribution in [-0.4, -0.2) is 10.9 Å². The van der Waals surface area contributed by atoms with Crippen LogP contribution in [0.2, 0.25) is 5.02 Å². The van der Waals surface area contributed by atoms with Crippen LogP contribution < -0.4 is 4.74 Å². The quantitative estimate of drug-likeness (QED) is 0.677. The minimum Gasteiger partial charge on any atom is -0.490 e. The first-order valence-corrected chi connectivity index (χ1v) is 8.06. The zero-order valence-corrected chi connectivity index (χ0v) is 12.7. The van der Waals surface area contributed by atoms with Gasteiger partial charge < -0.3 is 4.74 Å². The average Bonchev–Trinajstić information content (AvgIpc) is 2.42. The lowest BCUT2D eigenvalue weighted by Crippen LogP contribution is -2.57. The monoisotopic (exact) mass is 328 g/mol. The van der Waals surface area contributed by atoms with Crippen LogP contribution in [0.1, 0.15) is 38.5 Å². The van der Waals surface area contributed by atoms with Crippen molar-refractivity contribution in [2.75, 3.05) is 0 Å². The Morgan fingerprint density at radius 1 is 1.11 bits per heavy atom. The summed E-state index contributed by atoms with van der Waals surface area (Å²) in [5.41, 5.74) is 0.387. The second-order valence-corrected chi connectivity index (χ2v) is 7.10. The molecule has 1 aromatic rings. The van der Waals surface area contributed by atoms with Crippen molar-refractivity contribution in [2.24, 2.45) is 5.41 Å². The fraction of sp³-hybridized carbons (Fsp3) is 0.600. The highest BCUT2D eigenvalue weighted by molar-refractivity contribution is 9.09. The van der Waals surface area contributed by atoms with Gasteiger partial charge >= 0.3 is 0 Å². The van der Waals surface area contributed by atoms with Crippen LogP contribution in [0.25, 0.3) is 0 Å². The van der Waals surface area contributed by atoms with Crippen molar-refractivity contribution in [1.29, 1.82) is 0 Å². The van der Waals surface area contributed by atoms with Gasteiger partial charge in [0, 0.05) is 15.3 Å². The second kappa shape index (κ2) is 5.05. The lowest BCUT2D eigenvalue weighted by molar-refractivity contribution is -0.0601. The molecular weight excluding hydrogens is 312 g/mol. The molecule has 1 nitrogen and oxygen atoms in total. The van der Waals surface area contributed by atoms with E-state index in [0.29, 0.717) is 16.3 Å². The van der Waals surface area contributed by atoms with Crippen LogP contribution in [-0.2, 0) is 0 Å². The van der Waals surface area contributed by atoms with Gasteiger partial charge in [-0.05, 0) is 43.5 Å². The topological polar surface area (TPSA) is 9.23 Å². The molecule has 0 saturated heterocycles. The Balaban J connectivity index is 1.71. The summed E-state index contributed by atoms with van der Waals surface area (Å²) in [5, 5.41) is 0.765.